The zero-order valence-corrected chi connectivity index (χ0v) is 17.6. The first-order valence-electron chi connectivity index (χ1n) is 9.58. The van der Waals surface area contributed by atoms with Crippen molar-refractivity contribution in [3.63, 3.8) is 0 Å². The minimum Gasteiger partial charge on any atom is -0.381 e. The first-order valence-corrected chi connectivity index (χ1v) is 11.1. The molecule has 2 aromatic rings. The molecule has 11 heteroatoms. The molecule has 30 heavy (non-hydrogen) atoms. The van der Waals surface area contributed by atoms with Gasteiger partial charge in [0.05, 0.1) is 15.8 Å². The predicted octanol–water partition coefficient (Wildman–Crippen LogP) is 1.39. The summed E-state index contributed by atoms with van der Waals surface area (Å²) in [6.45, 7) is 4.32. The van der Waals surface area contributed by atoms with Gasteiger partial charge in [0.15, 0.2) is 15.7 Å². The lowest BCUT2D eigenvalue weighted by atomic mass is 10.1. The number of hydrogen-bond donors (Lipinski definition) is 4. The van der Waals surface area contributed by atoms with E-state index in [1.54, 1.807) is 26.0 Å². The van der Waals surface area contributed by atoms with Gasteiger partial charge in [-0.2, -0.15) is 4.98 Å². The number of anilines is 3. The van der Waals surface area contributed by atoms with Crippen LogP contribution in [0.4, 0.5) is 17.5 Å². The van der Waals surface area contributed by atoms with Gasteiger partial charge in [0.25, 0.3) is 11.5 Å². The number of amides is 1. The van der Waals surface area contributed by atoms with E-state index < -0.39 is 26.6 Å². The highest BCUT2D eigenvalue weighted by Crippen LogP contribution is 2.28. The van der Waals surface area contributed by atoms with Crippen LogP contribution < -0.4 is 21.9 Å². The zero-order chi connectivity index (χ0) is 21.9. The summed E-state index contributed by atoms with van der Waals surface area (Å²) in [6, 6.07) is 6.27. The molecule has 1 amide bonds. The summed E-state index contributed by atoms with van der Waals surface area (Å²) in [5, 5.41) is 5.29. The third-order valence-corrected chi connectivity index (χ3v) is 7.01. The lowest BCUT2D eigenvalue weighted by molar-refractivity contribution is 0.0903. The van der Waals surface area contributed by atoms with Gasteiger partial charge >= 0.3 is 0 Å². The fourth-order valence-corrected chi connectivity index (χ4v) is 4.30. The van der Waals surface area contributed by atoms with E-state index in [-0.39, 0.29) is 34.0 Å². The number of nitrogens with one attached hydrogen (secondary N) is 3. The quantitative estimate of drug-likeness (QED) is 0.508. The second-order valence-electron chi connectivity index (χ2n) is 7.25. The van der Waals surface area contributed by atoms with Gasteiger partial charge in [-0.15, -0.1) is 0 Å². The van der Waals surface area contributed by atoms with E-state index >= 15 is 0 Å². The maximum absolute atomic E-state index is 12.7. The number of sulfone groups is 1. The highest BCUT2D eigenvalue weighted by Gasteiger charge is 2.25. The van der Waals surface area contributed by atoms with Crippen LogP contribution in [0.3, 0.4) is 0 Å². The first-order chi connectivity index (χ1) is 14.2. The van der Waals surface area contributed by atoms with Gasteiger partial charge < -0.3 is 21.1 Å². The van der Waals surface area contributed by atoms with Crippen LogP contribution in [0.2, 0.25) is 0 Å². The topological polar surface area (TPSA) is 156 Å². The largest absolute Gasteiger partial charge is 0.381 e. The highest BCUT2D eigenvalue weighted by molar-refractivity contribution is 7.92. The number of ether oxygens (including phenoxy) is 1. The molecule has 0 saturated carbocycles. The van der Waals surface area contributed by atoms with E-state index in [2.05, 4.69) is 20.6 Å². The summed E-state index contributed by atoms with van der Waals surface area (Å²) in [5.41, 5.74) is 4.47. The molecule has 3 rings (SSSR count). The molecule has 5 N–H and O–H groups in total. The second kappa shape index (κ2) is 8.84. The van der Waals surface area contributed by atoms with Crippen molar-refractivity contribution in [1.82, 2.24) is 9.97 Å². The summed E-state index contributed by atoms with van der Waals surface area (Å²) in [4.78, 5) is 31.2. The molecule has 1 aromatic carbocycles. The molecular weight excluding hydrogens is 410 g/mol. The first kappa shape index (κ1) is 21.8. The highest BCUT2D eigenvalue weighted by atomic mass is 32.2. The van der Waals surface area contributed by atoms with Crippen LogP contribution in [0.1, 0.15) is 37.0 Å². The molecule has 0 spiro atoms. The molecule has 2 heterocycles. The lowest BCUT2D eigenvalue weighted by Crippen LogP contribution is -2.32. The van der Waals surface area contributed by atoms with Gasteiger partial charge in [-0.3, -0.25) is 14.6 Å². The molecule has 10 nitrogen and oxygen atoms in total. The summed E-state index contributed by atoms with van der Waals surface area (Å²) in [5.74, 6) is -0.941. The van der Waals surface area contributed by atoms with Crippen molar-refractivity contribution in [2.45, 2.75) is 42.9 Å². The minimum atomic E-state index is -3.63. The fraction of sp³-hybridized carbons (Fsp3) is 0.421. The van der Waals surface area contributed by atoms with Gasteiger partial charge in [0.2, 0.25) is 5.95 Å². The number of aromatic amines is 1. The van der Waals surface area contributed by atoms with E-state index in [0.717, 1.165) is 12.8 Å². The van der Waals surface area contributed by atoms with E-state index in [0.29, 0.717) is 13.2 Å². The minimum absolute atomic E-state index is 0.0384. The number of para-hydroxylation sites is 1. The van der Waals surface area contributed by atoms with E-state index in [1.165, 1.54) is 12.1 Å². The molecule has 0 unspecified atom stereocenters. The number of nitrogens with zero attached hydrogens (tertiary/aromatic N) is 1. The SMILES string of the molecule is CC(C)S(=O)(=O)c1ccccc1Nc1nc(NC2CCOCC2)[nH]c(=O)c1C(N)=O. The Labute approximate surface area is 174 Å². The molecule has 0 bridgehead atoms. The smallest absolute Gasteiger partial charge is 0.267 e. The van der Waals surface area contributed by atoms with Crippen molar-refractivity contribution < 1.29 is 17.9 Å². The van der Waals surface area contributed by atoms with Crippen LogP contribution in [0, 0.1) is 0 Å². The van der Waals surface area contributed by atoms with Crippen molar-refractivity contribution in [3.8, 4) is 0 Å². The summed E-state index contributed by atoms with van der Waals surface area (Å²) < 4.78 is 30.7. The molecule has 162 valence electrons. The number of rotatable bonds is 7. The van der Waals surface area contributed by atoms with E-state index in [9.17, 15) is 18.0 Å². The lowest BCUT2D eigenvalue weighted by Gasteiger charge is -2.23. The number of H-pyrrole nitrogens is 1. The summed E-state index contributed by atoms with van der Waals surface area (Å²) >= 11 is 0. The second-order valence-corrected chi connectivity index (χ2v) is 9.72. The molecule has 1 aliphatic heterocycles. The number of hydrogen-bond acceptors (Lipinski definition) is 8. The van der Waals surface area contributed by atoms with Gasteiger partial charge in [0, 0.05) is 19.3 Å². The van der Waals surface area contributed by atoms with Crippen LogP contribution >= 0.6 is 0 Å². The Morgan fingerprint density at radius 1 is 1.27 bits per heavy atom. The maximum Gasteiger partial charge on any atom is 0.267 e. The molecular formula is C19H25N5O5S. The van der Waals surface area contributed by atoms with Crippen molar-refractivity contribution in [1.29, 1.82) is 0 Å². The number of carbonyl (C=O) groups excluding carboxylic acids is 1. The zero-order valence-electron chi connectivity index (χ0n) is 16.8. The number of aromatic nitrogens is 2. The summed E-state index contributed by atoms with van der Waals surface area (Å²) in [6.07, 6.45) is 1.47. The van der Waals surface area contributed by atoms with Crippen molar-refractivity contribution in [2.24, 2.45) is 5.73 Å². The van der Waals surface area contributed by atoms with Gasteiger partial charge in [-0.1, -0.05) is 12.1 Å². The Morgan fingerprint density at radius 2 is 1.93 bits per heavy atom. The average Bonchev–Trinajstić information content (AvgIpc) is 2.68. The molecule has 1 aliphatic rings. The Morgan fingerprint density at radius 3 is 2.57 bits per heavy atom. The van der Waals surface area contributed by atoms with Crippen molar-refractivity contribution in [3.05, 3.63) is 40.2 Å². The van der Waals surface area contributed by atoms with Crippen LogP contribution in [0.5, 0.6) is 0 Å². The van der Waals surface area contributed by atoms with Gasteiger partial charge in [-0.25, -0.2) is 8.42 Å². The monoisotopic (exact) mass is 435 g/mol. The van der Waals surface area contributed by atoms with Crippen LogP contribution in [0.15, 0.2) is 34.0 Å². The van der Waals surface area contributed by atoms with E-state index in [1.807, 2.05) is 0 Å². The average molecular weight is 436 g/mol. The third-order valence-electron chi connectivity index (χ3n) is 4.80. The molecule has 0 aliphatic carbocycles. The molecule has 1 aromatic heterocycles. The standard InChI is InChI=1S/C19H25N5O5S/c1-11(2)30(27,28)14-6-4-3-5-13(14)22-17-15(16(20)25)18(26)24-19(23-17)21-12-7-9-29-10-8-12/h3-6,11-12H,7-10H2,1-2H3,(H2,20,25)(H3,21,22,23,24,26). The number of primary amides is 1. The van der Waals surface area contributed by atoms with Crippen LogP contribution in [-0.4, -0.2) is 48.8 Å². The van der Waals surface area contributed by atoms with Gasteiger partial charge in [0.1, 0.15) is 5.56 Å². The van der Waals surface area contributed by atoms with Crippen molar-refractivity contribution in [2.75, 3.05) is 23.8 Å². The number of benzene rings is 1. The number of nitrogens with two attached hydrogens (primary N) is 1. The Hall–Kier alpha value is -2.92. The fourth-order valence-electron chi connectivity index (χ4n) is 3.10. The summed E-state index contributed by atoms with van der Waals surface area (Å²) in [7, 11) is -3.63. The Kier molecular flexibility index (Phi) is 6.42. The van der Waals surface area contributed by atoms with E-state index in [4.69, 9.17) is 10.5 Å². The van der Waals surface area contributed by atoms with Crippen molar-refractivity contribution >= 4 is 33.2 Å². The molecule has 1 saturated heterocycles. The van der Waals surface area contributed by atoms with Crippen LogP contribution in [0.25, 0.3) is 0 Å². The number of carbonyl (C=O) groups is 1. The van der Waals surface area contributed by atoms with Gasteiger partial charge in [-0.05, 0) is 38.8 Å². The Balaban J connectivity index is 2.03. The maximum atomic E-state index is 12.7. The predicted molar refractivity (Wildman–Crippen MR) is 113 cm³/mol. The molecule has 1 fully saturated rings. The Bertz CT molecular complexity index is 1090. The molecule has 0 radical (unpaired) electrons. The normalized spacial score (nSPS) is 15.2. The van der Waals surface area contributed by atoms with Crippen LogP contribution in [-0.2, 0) is 14.6 Å². The molecule has 0 atom stereocenters. The third kappa shape index (κ3) is 4.62.